The summed E-state index contributed by atoms with van der Waals surface area (Å²) in [5, 5.41) is 0. The van der Waals surface area contributed by atoms with Crippen LogP contribution in [0.15, 0.2) is 102 Å². The van der Waals surface area contributed by atoms with Crippen LogP contribution in [0.3, 0.4) is 0 Å². The molecule has 35 heavy (non-hydrogen) atoms. The normalized spacial score (nSPS) is 12.2. The Morgan fingerprint density at radius 2 is 1.63 bits per heavy atom. The zero-order chi connectivity index (χ0) is 25.0. The lowest BCUT2D eigenvalue weighted by atomic mass is 9.84. The van der Waals surface area contributed by atoms with Crippen molar-refractivity contribution in [3.8, 4) is 11.1 Å². The molecule has 0 unspecified atom stereocenters. The van der Waals surface area contributed by atoms with E-state index in [2.05, 4.69) is 17.1 Å². The van der Waals surface area contributed by atoms with Crippen LogP contribution in [-0.2, 0) is 16.3 Å². The number of pyridine rings is 1. The molecular weight excluding hydrogens is 456 g/mol. The lowest BCUT2D eigenvalue weighted by Gasteiger charge is -2.21. The quantitative estimate of drug-likeness (QED) is 0.360. The van der Waals surface area contributed by atoms with Gasteiger partial charge in [0.15, 0.2) is 9.84 Å². The summed E-state index contributed by atoms with van der Waals surface area (Å²) in [6, 6.07) is 26.8. The number of hydrogen-bond acceptors (Lipinski definition) is 4. The van der Waals surface area contributed by atoms with Crippen molar-refractivity contribution in [3.05, 3.63) is 120 Å². The number of amides is 1. The van der Waals surface area contributed by atoms with Crippen LogP contribution in [-0.4, -0.2) is 44.6 Å². The molecule has 0 saturated carbocycles. The minimum Gasteiger partial charge on any atom is -0.345 e. The number of nitrogens with zero attached hydrogens (tertiary/aromatic N) is 2. The van der Waals surface area contributed by atoms with Crippen LogP contribution in [0, 0.1) is 0 Å². The summed E-state index contributed by atoms with van der Waals surface area (Å²) in [4.78, 5) is 18.7. The molecule has 0 spiro atoms. The van der Waals surface area contributed by atoms with Gasteiger partial charge in [0.2, 0.25) is 0 Å². The maximum atomic E-state index is 12.5. The Hall–Kier alpha value is -3.77. The van der Waals surface area contributed by atoms with Gasteiger partial charge < -0.3 is 4.90 Å². The zero-order valence-electron chi connectivity index (χ0n) is 20.0. The Balaban J connectivity index is 1.79. The fourth-order valence-electron chi connectivity index (χ4n) is 4.25. The van der Waals surface area contributed by atoms with Gasteiger partial charge in [-0.05, 0) is 64.6 Å². The molecule has 3 aromatic carbocycles. The summed E-state index contributed by atoms with van der Waals surface area (Å²) in [5.74, 6) is -0.145. The molecule has 0 N–H and O–H groups in total. The van der Waals surface area contributed by atoms with Crippen molar-refractivity contribution in [3.63, 3.8) is 0 Å². The van der Waals surface area contributed by atoms with Gasteiger partial charge in [0, 0.05) is 44.2 Å². The first-order valence-corrected chi connectivity index (χ1v) is 13.2. The van der Waals surface area contributed by atoms with Crippen molar-refractivity contribution >= 4 is 15.7 Å². The van der Waals surface area contributed by atoms with Gasteiger partial charge in [-0.1, -0.05) is 54.6 Å². The predicted molar refractivity (Wildman–Crippen MR) is 139 cm³/mol. The lowest BCUT2D eigenvalue weighted by Crippen LogP contribution is -2.21. The monoisotopic (exact) mass is 484 g/mol. The fraction of sp³-hybridized carbons (Fsp3) is 0.172. The van der Waals surface area contributed by atoms with E-state index in [-0.39, 0.29) is 11.8 Å². The van der Waals surface area contributed by atoms with Crippen LogP contribution in [0.2, 0.25) is 0 Å². The second kappa shape index (κ2) is 10.2. The highest BCUT2D eigenvalue weighted by Gasteiger charge is 2.20. The summed E-state index contributed by atoms with van der Waals surface area (Å²) >= 11 is 0. The molecule has 0 radical (unpaired) electrons. The van der Waals surface area contributed by atoms with Gasteiger partial charge in [0.1, 0.15) is 0 Å². The van der Waals surface area contributed by atoms with Crippen LogP contribution in [0.5, 0.6) is 0 Å². The van der Waals surface area contributed by atoms with Crippen LogP contribution in [0.1, 0.15) is 33.0 Å². The number of rotatable bonds is 7. The first-order valence-electron chi connectivity index (χ1n) is 11.3. The minimum atomic E-state index is -3.34. The molecule has 1 aromatic heterocycles. The van der Waals surface area contributed by atoms with E-state index >= 15 is 0 Å². The standard InChI is InChI=1S/C29H28N2O3S/c1-31(2)29(32)24-12-6-10-21(17-24)27-15-5-4-9-23(27)19-28(25-13-8-16-30-20-25)22-11-7-14-26(18-22)35(3,33)34/h4-18,20,28H,19H2,1-3H3/t28-/m1/s1. The molecule has 6 heteroatoms. The van der Waals surface area contributed by atoms with E-state index in [0.717, 1.165) is 27.8 Å². The molecule has 178 valence electrons. The van der Waals surface area contributed by atoms with E-state index in [0.29, 0.717) is 16.9 Å². The third kappa shape index (κ3) is 5.66. The van der Waals surface area contributed by atoms with Gasteiger partial charge >= 0.3 is 0 Å². The first kappa shape index (κ1) is 24.4. The van der Waals surface area contributed by atoms with Crippen molar-refractivity contribution in [1.82, 2.24) is 9.88 Å². The van der Waals surface area contributed by atoms with Crippen molar-refractivity contribution < 1.29 is 13.2 Å². The first-order chi connectivity index (χ1) is 16.7. The molecule has 0 saturated heterocycles. The topological polar surface area (TPSA) is 67.3 Å². The average Bonchev–Trinajstić information content (AvgIpc) is 2.87. The SMILES string of the molecule is CN(C)C(=O)c1cccc(-c2ccccc2C[C@@H](c2cccnc2)c2cccc(S(C)(=O)=O)c2)c1. The Kier molecular flexibility index (Phi) is 7.12. The van der Waals surface area contributed by atoms with Gasteiger partial charge in [-0.25, -0.2) is 8.42 Å². The zero-order valence-corrected chi connectivity index (χ0v) is 20.9. The molecule has 0 fully saturated rings. The van der Waals surface area contributed by atoms with Gasteiger partial charge in [-0.3, -0.25) is 9.78 Å². The number of hydrogen-bond donors (Lipinski definition) is 0. The van der Waals surface area contributed by atoms with Gasteiger partial charge in [-0.15, -0.1) is 0 Å². The summed E-state index contributed by atoms with van der Waals surface area (Å²) in [6.07, 6.45) is 5.43. The van der Waals surface area contributed by atoms with E-state index in [9.17, 15) is 13.2 Å². The average molecular weight is 485 g/mol. The van der Waals surface area contributed by atoms with E-state index in [4.69, 9.17) is 0 Å². The smallest absolute Gasteiger partial charge is 0.253 e. The predicted octanol–water partition coefficient (Wildman–Crippen LogP) is 5.23. The molecular formula is C29H28N2O3S. The second-order valence-corrected chi connectivity index (χ2v) is 10.8. The number of carbonyl (C=O) groups is 1. The Bertz CT molecular complexity index is 1450. The number of benzene rings is 3. The molecule has 0 bridgehead atoms. The van der Waals surface area contributed by atoms with E-state index in [1.165, 1.54) is 6.26 Å². The largest absolute Gasteiger partial charge is 0.345 e. The number of sulfone groups is 1. The fourth-order valence-corrected chi connectivity index (χ4v) is 4.93. The maximum Gasteiger partial charge on any atom is 0.253 e. The maximum absolute atomic E-state index is 12.5. The minimum absolute atomic E-state index is 0.0462. The van der Waals surface area contributed by atoms with Crippen LogP contribution >= 0.6 is 0 Å². The van der Waals surface area contributed by atoms with E-state index in [1.807, 2.05) is 60.8 Å². The van der Waals surface area contributed by atoms with Gasteiger partial charge in [0.25, 0.3) is 5.91 Å². The molecule has 5 nitrogen and oxygen atoms in total. The number of aromatic nitrogens is 1. The highest BCUT2D eigenvalue weighted by Crippen LogP contribution is 2.34. The lowest BCUT2D eigenvalue weighted by molar-refractivity contribution is 0.0827. The molecule has 4 rings (SSSR count). The third-order valence-electron chi connectivity index (χ3n) is 6.04. The van der Waals surface area contributed by atoms with Crippen molar-refractivity contribution in [2.24, 2.45) is 0 Å². The highest BCUT2D eigenvalue weighted by molar-refractivity contribution is 7.90. The summed E-state index contributed by atoms with van der Waals surface area (Å²) in [5.41, 5.74) is 5.64. The van der Waals surface area contributed by atoms with Gasteiger partial charge in [0.05, 0.1) is 4.90 Å². The van der Waals surface area contributed by atoms with E-state index < -0.39 is 9.84 Å². The Morgan fingerprint density at radius 3 is 2.34 bits per heavy atom. The molecule has 4 aromatic rings. The molecule has 1 atom stereocenters. The summed E-state index contributed by atoms with van der Waals surface area (Å²) < 4.78 is 24.5. The van der Waals surface area contributed by atoms with Crippen LogP contribution in [0.4, 0.5) is 0 Å². The van der Waals surface area contributed by atoms with Crippen molar-refractivity contribution in [1.29, 1.82) is 0 Å². The molecule has 0 aliphatic rings. The van der Waals surface area contributed by atoms with E-state index in [1.54, 1.807) is 43.4 Å². The van der Waals surface area contributed by atoms with Crippen LogP contribution < -0.4 is 0 Å². The Morgan fingerprint density at radius 1 is 0.886 bits per heavy atom. The molecule has 0 aliphatic heterocycles. The van der Waals surface area contributed by atoms with Crippen LogP contribution in [0.25, 0.3) is 11.1 Å². The highest BCUT2D eigenvalue weighted by atomic mass is 32.2. The van der Waals surface area contributed by atoms with Gasteiger partial charge in [-0.2, -0.15) is 0 Å². The summed E-state index contributed by atoms with van der Waals surface area (Å²) in [7, 11) is 0.148. The molecule has 0 aliphatic carbocycles. The molecule has 1 amide bonds. The Labute approximate surface area is 207 Å². The van der Waals surface area contributed by atoms with Crippen molar-refractivity contribution in [2.75, 3.05) is 20.4 Å². The van der Waals surface area contributed by atoms with Crippen molar-refractivity contribution in [2.45, 2.75) is 17.2 Å². The molecule has 1 heterocycles. The summed E-state index contributed by atoms with van der Waals surface area (Å²) in [6.45, 7) is 0. The second-order valence-electron chi connectivity index (χ2n) is 8.83. The number of carbonyl (C=O) groups excluding carboxylic acids is 1. The third-order valence-corrected chi connectivity index (χ3v) is 7.15.